The van der Waals surface area contributed by atoms with Crippen LogP contribution in [0.1, 0.15) is 16.6 Å². The second-order valence-electron chi connectivity index (χ2n) is 3.05. The molecule has 1 aromatic rings. The Hall–Kier alpha value is -0.0300. The number of nitrogens with two attached hydrogens (primary N) is 2. The average Bonchev–Trinajstić information content (AvgIpc) is 2.42. The van der Waals surface area contributed by atoms with Crippen molar-refractivity contribution in [2.75, 3.05) is 5.73 Å². The molecule has 0 saturated carbocycles. The third-order valence-corrected chi connectivity index (χ3v) is 4.18. The van der Waals surface area contributed by atoms with Crippen molar-refractivity contribution in [3.05, 3.63) is 10.6 Å². The lowest BCUT2D eigenvalue weighted by atomic mass is 9.97. The minimum atomic E-state index is -0.290. The van der Waals surface area contributed by atoms with Crippen LogP contribution in [-0.4, -0.2) is 15.7 Å². The number of anilines is 1. The van der Waals surface area contributed by atoms with E-state index < -0.39 is 0 Å². The summed E-state index contributed by atoms with van der Waals surface area (Å²) in [4.78, 5) is 5.22. The standard InChI is InChI=1S/C7H9Cl2N3S/c8-2-1-3-6(5(10)4(2)9)12-7(11)13-3/h2,4-5H,1,10H2,(H2,11,12). The Morgan fingerprint density at radius 2 is 2.15 bits per heavy atom. The van der Waals surface area contributed by atoms with Crippen molar-refractivity contribution >= 4 is 39.7 Å². The zero-order chi connectivity index (χ0) is 9.59. The second-order valence-corrected chi connectivity index (χ2v) is 5.23. The molecule has 6 heteroatoms. The second kappa shape index (κ2) is 3.28. The fourth-order valence-corrected chi connectivity index (χ4v) is 3.01. The number of nitrogens with zero attached hydrogens (tertiary/aromatic N) is 1. The van der Waals surface area contributed by atoms with Gasteiger partial charge >= 0.3 is 0 Å². The van der Waals surface area contributed by atoms with Gasteiger partial charge in [0.1, 0.15) is 0 Å². The predicted octanol–water partition coefficient (Wildman–Crippen LogP) is 1.50. The number of thiazole rings is 1. The van der Waals surface area contributed by atoms with Crippen LogP contribution in [0.4, 0.5) is 5.13 Å². The zero-order valence-electron chi connectivity index (χ0n) is 6.71. The molecule has 72 valence electrons. The number of fused-ring (bicyclic) bond motifs is 1. The molecule has 0 saturated heterocycles. The lowest BCUT2D eigenvalue weighted by Crippen LogP contribution is -2.35. The summed E-state index contributed by atoms with van der Waals surface area (Å²) in [5.74, 6) is 0. The number of halogens is 2. The number of aromatic nitrogens is 1. The van der Waals surface area contributed by atoms with Crippen LogP contribution in [-0.2, 0) is 6.42 Å². The molecule has 1 aromatic heterocycles. The highest BCUT2D eigenvalue weighted by atomic mass is 35.5. The summed E-state index contributed by atoms with van der Waals surface area (Å²) in [7, 11) is 0. The van der Waals surface area contributed by atoms with Gasteiger partial charge in [-0.2, -0.15) is 0 Å². The highest BCUT2D eigenvalue weighted by Gasteiger charge is 2.34. The van der Waals surface area contributed by atoms with E-state index in [1.54, 1.807) is 0 Å². The van der Waals surface area contributed by atoms with Crippen LogP contribution >= 0.6 is 34.5 Å². The van der Waals surface area contributed by atoms with Crippen molar-refractivity contribution in [3.63, 3.8) is 0 Å². The molecule has 0 spiro atoms. The van der Waals surface area contributed by atoms with Crippen molar-refractivity contribution in [3.8, 4) is 0 Å². The van der Waals surface area contributed by atoms with Gasteiger partial charge in [0.25, 0.3) is 0 Å². The zero-order valence-corrected chi connectivity index (χ0v) is 9.03. The fourth-order valence-electron chi connectivity index (χ4n) is 1.45. The van der Waals surface area contributed by atoms with Crippen LogP contribution in [0.2, 0.25) is 0 Å². The molecule has 3 unspecified atom stereocenters. The van der Waals surface area contributed by atoms with Gasteiger partial charge in [-0.3, -0.25) is 0 Å². The summed E-state index contributed by atoms with van der Waals surface area (Å²) in [5.41, 5.74) is 12.3. The monoisotopic (exact) mass is 237 g/mol. The van der Waals surface area contributed by atoms with E-state index >= 15 is 0 Å². The summed E-state index contributed by atoms with van der Waals surface area (Å²) in [5, 5.41) is 0.162. The minimum absolute atomic E-state index is 0.121. The highest BCUT2D eigenvalue weighted by Crippen LogP contribution is 2.37. The van der Waals surface area contributed by atoms with Crippen molar-refractivity contribution < 1.29 is 0 Å². The van der Waals surface area contributed by atoms with Gasteiger partial charge in [0.15, 0.2) is 5.13 Å². The van der Waals surface area contributed by atoms with Crippen LogP contribution in [0, 0.1) is 0 Å². The summed E-state index contributed by atoms with van der Waals surface area (Å²) in [6, 6.07) is -0.290. The van der Waals surface area contributed by atoms with Gasteiger partial charge in [-0.05, 0) is 0 Å². The Morgan fingerprint density at radius 1 is 1.46 bits per heavy atom. The number of hydrogen-bond acceptors (Lipinski definition) is 4. The molecular weight excluding hydrogens is 229 g/mol. The summed E-state index contributed by atoms with van der Waals surface area (Å²) in [6.07, 6.45) is 0.716. The van der Waals surface area contributed by atoms with Gasteiger partial charge in [0.2, 0.25) is 0 Å². The van der Waals surface area contributed by atoms with E-state index in [0.29, 0.717) is 11.6 Å². The van der Waals surface area contributed by atoms with Gasteiger partial charge in [0, 0.05) is 11.3 Å². The maximum atomic E-state index is 6.03. The highest BCUT2D eigenvalue weighted by molar-refractivity contribution is 7.15. The largest absolute Gasteiger partial charge is 0.375 e. The molecule has 0 bridgehead atoms. The number of nitrogen functional groups attached to an aromatic ring is 1. The van der Waals surface area contributed by atoms with Crippen LogP contribution in [0.15, 0.2) is 0 Å². The van der Waals surface area contributed by atoms with Crippen LogP contribution in [0.3, 0.4) is 0 Å². The van der Waals surface area contributed by atoms with E-state index in [1.807, 2.05) is 0 Å². The lowest BCUT2D eigenvalue weighted by Gasteiger charge is -2.26. The van der Waals surface area contributed by atoms with Crippen LogP contribution in [0.5, 0.6) is 0 Å². The number of hydrogen-bond donors (Lipinski definition) is 2. The minimum Gasteiger partial charge on any atom is -0.375 e. The summed E-state index contributed by atoms with van der Waals surface area (Å²) in [6.45, 7) is 0. The normalized spacial score (nSPS) is 33.0. The van der Waals surface area contributed by atoms with Gasteiger partial charge in [-0.15, -0.1) is 34.5 Å². The predicted molar refractivity (Wildman–Crippen MR) is 56.4 cm³/mol. The molecule has 1 heterocycles. The Balaban J connectivity index is 2.42. The molecule has 3 nitrogen and oxygen atoms in total. The smallest absolute Gasteiger partial charge is 0.180 e. The van der Waals surface area contributed by atoms with Crippen molar-refractivity contribution in [2.45, 2.75) is 23.2 Å². The molecule has 0 fully saturated rings. The van der Waals surface area contributed by atoms with Crippen molar-refractivity contribution in [1.29, 1.82) is 0 Å². The van der Waals surface area contributed by atoms with Gasteiger partial charge in [0.05, 0.1) is 22.5 Å². The SMILES string of the molecule is Nc1nc2c(s1)CC(Cl)C(Cl)C2N. The van der Waals surface area contributed by atoms with E-state index in [1.165, 1.54) is 11.3 Å². The number of rotatable bonds is 0. The van der Waals surface area contributed by atoms with E-state index in [-0.39, 0.29) is 16.8 Å². The molecule has 1 aliphatic carbocycles. The Bertz CT molecular complexity index is 328. The van der Waals surface area contributed by atoms with E-state index in [9.17, 15) is 0 Å². The van der Waals surface area contributed by atoms with Gasteiger partial charge in [-0.25, -0.2) is 4.98 Å². The van der Waals surface area contributed by atoms with Gasteiger partial charge in [-0.1, -0.05) is 0 Å². The Kier molecular flexibility index (Phi) is 2.40. The maximum Gasteiger partial charge on any atom is 0.180 e. The van der Waals surface area contributed by atoms with E-state index in [4.69, 9.17) is 34.7 Å². The summed E-state index contributed by atoms with van der Waals surface area (Å²) >= 11 is 13.5. The quantitative estimate of drug-likeness (QED) is 0.673. The first kappa shape index (κ1) is 9.52. The molecule has 13 heavy (non-hydrogen) atoms. The van der Waals surface area contributed by atoms with Crippen LogP contribution < -0.4 is 11.5 Å². The molecule has 4 N–H and O–H groups in total. The van der Waals surface area contributed by atoms with Crippen molar-refractivity contribution in [1.82, 2.24) is 4.98 Å². The van der Waals surface area contributed by atoms with E-state index in [0.717, 1.165) is 10.6 Å². The maximum absolute atomic E-state index is 6.03. The third-order valence-electron chi connectivity index (χ3n) is 2.13. The molecule has 0 aliphatic heterocycles. The first-order valence-corrected chi connectivity index (χ1v) is 5.57. The summed E-state index contributed by atoms with van der Waals surface area (Å²) < 4.78 is 0. The molecule has 0 amide bonds. The third kappa shape index (κ3) is 1.52. The first-order chi connectivity index (χ1) is 6.09. The number of alkyl halides is 2. The Morgan fingerprint density at radius 3 is 2.85 bits per heavy atom. The van der Waals surface area contributed by atoms with Crippen molar-refractivity contribution in [2.24, 2.45) is 5.73 Å². The Labute approximate surface area is 90.0 Å². The first-order valence-electron chi connectivity index (χ1n) is 3.88. The molecule has 0 aromatic carbocycles. The molecule has 3 atom stereocenters. The molecule has 0 radical (unpaired) electrons. The average molecular weight is 238 g/mol. The molecule has 2 rings (SSSR count). The molecule has 1 aliphatic rings. The van der Waals surface area contributed by atoms with E-state index in [2.05, 4.69) is 4.98 Å². The van der Waals surface area contributed by atoms with Crippen LogP contribution in [0.25, 0.3) is 0 Å². The fraction of sp³-hybridized carbons (Fsp3) is 0.571. The topological polar surface area (TPSA) is 64.9 Å². The molecular formula is C7H9Cl2N3S. The lowest BCUT2D eigenvalue weighted by molar-refractivity contribution is 0.579. The van der Waals surface area contributed by atoms with Gasteiger partial charge < -0.3 is 11.5 Å².